The summed E-state index contributed by atoms with van der Waals surface area (Å²) in [5.41, 5.74) is 0. The first kappa shape index (κ1) is 14.4. The molecule has 0 aliphatic rings. The van der Waals surface area contributed by atoms with Crippen molar-refractivity contribution in [1.29, 1.82) is 0 Å². The third-order valence-electron chi connectivity index (χ3n) is 2.41. The van der Waals surface area contributed by atoms with Crippen LogP contribution in [0.4, 0.5) is 0 Å². The van der Waals surface area contributed by atoms with Gasteiger partial charge in [-0.15, -0.1) is 0 Å². The molecule has 0 aromatic carbocycles. The molecule has 0 atom stereocenters. The topological polar surface area (TPSA) is 44.4 Å². The normalized spacial score (nSPS) is 11.1. The first-order valence-electron chi connectivity index (χ1n) is 5.75. The summed E-state index contributed by atoms with van der Waals surface area (Å²) in [7, 11) is 2.12. The van der Waals surface area contributed by atoms with Crippen LogP contribution in [-0.2, 0) is 4.79 Å². The first-order chi connectivity index (χ1) is 7.07. The predicted molar refractivity (Wildman–Crippen MR) is 63.9 cm³/mol. The van der Waals surface area contributed by atoms with Crippen molar-refractivity contribution in [1.82, 2.24) is 15.5 Å². The molecule has 0 heterocycles. The molecule has 2 N–H and O–H groups in total. The molecule has 90 valence electrons. The summed E-state index contributed by atoms with van der Waals surface area (Å²) in [4.78, 5) is 13.4. The number of carbonyl (C=O) groups is 1. The Kier molecular flexibility index (Phi) is 8.33. The molecular weight excluding hydrogens is 190 g/mol. The van der Waals surface area contributed by atoms with Crippen molar-refractivity contribution in [3.63, 3.8) is 0 Å². The highest BCUT2D eigenvalue weighted by Crippen LogP contribution is 1.93. The van der Waals surface area contributed by atoms with Crippen LogP contribution in [0.1, 0.15) is 27.2 Å². The molecule has 4 heteroatoms. The Hall–Kier alpha value is -0.610. The number of nitrogens with zero attached hydrogens (tertiary/aromatic N) is 1. The third-order valence-corrected chi connectivity index (χ3v) is 2.41. The molecule has 0 aromatic heterocycles. The highest BCUT2D eigenvalue weighted by atomic mass is 16.1. The zero-order valence-corrected chi connectivity index (χ0v) is 10.5. The largest absolute Gasteiger partial charge is 0.355 e. The number of amides is 1. The number of hydrogen-bond donors (Lipinski definition) is 2. The maximum absolute atomic E-state index is 11.1. The number of hydrogen-bond acceptors (Lipinski definition) is 3. The summed E-state index contributed by atoms with van der Waals surface area (Å²) in [6.45, 7) is 9.39. The molecule has 0 spiro atoms. The van der Waals surface area contributed by atoms with E-state index in [-0.39, 0.29) is 5.91 Å². The Balaban J connectivity index is 3.28. The third kappa shape index (κ3) is 8.39. The molecule has 4 nitrogen and oxygen atoms in total. The van der Waals surface area contributed by atoms with E-state index in [2.05, 4.69) is 36.4 Å². The molecule has 0 aromatic rings. The van der Waals surface area contributed by atoms with E-state index < -0.39 is 0 Å². The van der Waals surface area contributed by atoms with Crippen molar-refractivity contribution >= 4 is 5.91 Å². The van der Waals surface area contributed by atoms with Gasteiger partial charge in [-0.05, 0) is 47.3 Å². The maximum atomic E-state index is 11.1. The average Bonchev–Trinajstić information content (AvgIpc) is 2.17. The Bertz CT molecular complexity index is 171. The van der Waals surface area contributed by atoms with Crippen molar-refractivity contribution in [2.24, 2.45) is 0 Å². The van der Waals surface area contributed by atoms with Crippen LogP contribution < -0.4 is 10.6 Å². The summed E-state index contributed by atoms with van der Waals surface area (Å²) in [5, 5.41) is 5.88. The number of likely N-dealkylation sites (N-methyl/N-ethyl adjacent to an activating group) is 1. The lowest BCUT2D eigenvalue weighted by Gasteiger charge is -2.20. The lowest BCUT2D eigenvalue weighted by Crippen LogP contribution is -2.35. The van der Waals surface area contributed by atoms with Crippen LogP contribution in [0.2, 0.25) is 0 Å². The van der Waals surface area contributed by atoms with Crippen LogP contribution in [0.3, 0.4) is 0 Å². The zero-order valence-electron chi connectivity index (χ0n) is 10.5. The van der Waals surface area contributed by atoms with E-state index in [4.69, 9.17) is 0 Å². The van der Waals surface area contributed by atoms with Gasteiger partial charge in [0.1, 0.15) is 0 Å². The summed E-state index contributed by atoms with van der Waals surface area (Å²) >= 11 is 0. The van der Waals surface area contributed by atoms with Gasteiger partial charge in [0.2, 0.25) is 5.91 Å². The fourth-order valence-electron chi connectivity index (χ4n) is 1.17. The van der Waals surface area contributed by atoms with Gasteiger partial charge in [0.25, 0.3) is 0 Å². The van der Waals surface area contributed by atoms with Crippen molar-refractivity contribution in [2.75, 3.05) is 33.2 Å². The molecular formula is C11H25N3O. The van der Waals surface area contributed by atoms with Crippen molar-refractivity contribution in [2.45, 2.75) is 33.2 Å². The quantitative estimate of drug-likeness (QED) is 0.578. The van der Waals surface area contributed by atoms with Crippen LogP contribution in [0, 0.1) is 0 Å². The fourth-order valence-corrected chi connectivity index (χ4v) is 1.17. The minimum atomic E-state index is 0.0784. The van der Waals surface area contributed by atoms with E-state index >= 15 is 0 Å². The van der Waals surface area contributed by atoms with Crippen LogP contribution >= 0.6 is 0 Å². The summed E-state index contributed by atoms with van der Waals surface area (Å²) in [5.74, 6) is 0.0784. The van der Waals surface area contributed by atoms with Gasteiger partial charge in [0, 0.05) is 12.6 Å². The molecule has 15 heavy (non-hydrogen) atoms. The summed E-state index contributed by atoms with van der Waals surface area (Å²) in [6, 6.07) is 0.591. The Morgan fingerprint density at radius 1 is 1.40 bits per heavy atom. The molecule has 0 aliphatic carbocycles. The van der Waals surface area contributed by atoms with E-state index in [0.717, 1.165) is 19.5 Å². The fraction of sp³-hybridized carbons (Fsp3) is 0.909. The minimum Gasteiger partial charge on any atom is -0.355 e. The molecule has 1 amide bonds. The lowest BCUT2D eigenvalue weighted by molar-refractivity contribution is -0.120. The molecule has 0 aliphatic heterocycles. The number of nitrogens with one attached hydrogen (secondary N) is 2. The number of rotatable bonds is 8. The van der Waals surface area contributed by atoms with Gasteiger partial charge in [0.05, 0.1) is 6.54 Å². The summed E-state index contributed by atoms with van der Waals surface area (Å²) in [6.07, 6.45) is 1.08. The molecule has 0 saturated carbocycles. The van der Waals surface area contributed by atoms with Crippen molar-refractivity contribution in [3.8, 4) is 0 Å². The van der Waals surface area contributed by atoms with Gasteiger partial charge in [0.15, 0.2) is 0 Å². The second-order valence-electron chi connectivity index (χ2n) is 4.06. The van der Waals surface area contributed by atoms with Crippen LogP contribution in [0.25, 0.3) is 0 Å². The van der Waals surface area contributed by atoms with Crippen molar-refractivity contribution in [3.05, 3.63) is 0 Å². The zero-order chi connectivity index (χ0) is 11.7. The molecule has 0 rings (SSSR count). The Morgan fingerprint density at radius 3 is 2.60 bits per heavy atom. The summed E-state index contributed by atoms with van der Waals surface area (Å²) < 4.78 is 0. The van der Waals surface area contributed by atoms with Crippen LogP contribution in [0.15, 0.2) is 0 Å². The van der Waals surface area contributed by atoms with E-state index in [1.165, 1.54) is 0 Å². The Labute approximate surface area is 93.4 Å². The molecule has 0 saturated heterocycles. The smallest absolute Gasteiger partial charge is 0.233 e. The standard InChI is InChI=1S/C11H25N3O/c1-5-13-11(15)9-12-7-6-8-14(4)10(2)3/h10,12H,5-9H2,1-4H3,(H,13,15). The van der Waals surface area contributed by atoms with Gasteiger partial charge in [-0.1, -0.05) is 0 Å². The van der Waals surface area contributed by atoms with Gasteiger partial charge in [-0.2, -0.15) is 0 Å². The van der Waals surface area contributed by atoms with Crippen molar-refractivity contribution < 1.29 is 4.79 Å². The second-order valence-corrected chi connectivity index (χ2v) is 4.06. The highest BCUT2D eigenvalue weighted by Gasteiger charge is 2.02. The van der Waals surface area contributed by atoms with Gasteiger partial charge < -0.3 is 15.5 Å². The first-order valence-corrected chi connectivity index (χ1v) is 5.75. The predicted octanol–water partition coefficient (Wildman–Crippen LogP) is 0.442. The van der Waals surface area contributed by atoms with Crippen LogP contribution in [0.5, 0.6) is 0 Å². The second kappa shape index (κ2) is 8.68. The highest BCUT2D eigenvalue weighted by molar-refractivity contribution is 5.77. The van der Waals surface area contributed by atoms with E-state index in [1.54, 1.807) is 0 Å². The van der Waals surface area contributed by atoms with Crippen LogP contribution in [-0.4, -0.2) is 50.1 Å². The maximum Gasteiger partial charge on any atom is 0.233 e. The SMILES string of the molecule is CCNC(=O)CNCCCN(C)C(C)C. The monoisotopic (exact) mass is 215 g/mol. The molecule has 0 radical (unpaired) electrons. The van der Waals surface area contributed by atoms with E-state index in [0.29, 0.717) is 19.1 Å². The van der Waals surface area contributed by atoms with E-state index in [1.807, 2.05) is 6.92 Å². The van der Waals surface area contributed by atoms with E-state index in [9.17, 15) is 4.79 Å². The molecule has 0 unspecified atom stereocenters. The van der Waals surface area contributed by atoms with Gasteiger partial charge >= 0.3 is 0 Å². The van der Waals surface area contributed by atoms with Gasteiger partial charge in [-0.25, -0.2) is 0 Å². The number of carbonyl (C=O) groups excluding carboxylic acids is 1. The average molecular weight is 215 g/mol. The van der Waals surface area contributed by atoms with Gasteiger partial charge in [-0.3, -0.25) is 4.79 Å². The lowest BCUT2D eigenvalue weighted by atomic mass is 10.3. The molecule has 0 bridgehead atoms. The minimum absolute atomic E-state index is 0.0784. The molecule has 0 fully saturated rings. The Morgan fingerprint density at radius 2 is 2.07 bits per heavy atom.